The third-order valence-corrected chi connectivity index (χ3v) is 2.49. The van der Waals surface area contributed by atoms with Gasteiger partial charge in [-0.25, -0.2) is 4.79 Å². The fraction of sp³-hybridized carbons (Fsp3) is 0.300. The van der Waals surface area contributed by atoms with Gasteiger partial charge in [0.25, 0.3) is 0 Å². The number of benzene rings is 1. The Bertz CT molecular complexity index is 558. The molecule has 0 N–H and O–H groups in total. The number of hydrogen-bond acceptors (Lipinski definition) is 3. The summed E-state index contributed by atoms with van der Waals surface area (Å²) in [6, 6.07) is 7.00. The second-order valence-corrected chi connectivity index (χ2v) is 4.07. The van der Waals surface area contributed by atoms with Crippen molar-refractivity contribution in [3.05, 3.63) is 39.8 Å². The van der Waals surface area contributed by atoms with E-state index >= 15 is 0 Å². The first-order valence-corrected chi connectivity index (χ1v) is 5.28. The quantitative estimate of drug-likeness (QED) is 0.800. The van der Waals surface area contributed by atoms with Crippen molar-refractivity contribution in [1.29, 1.82) is 0 Å². The minimum Gasteiger partial charge on any atom is -0.244 e. The van der Waals surface area contributed by atoms with Gasteiger partial charge in [0.05, 0.1) is 16.8 Å². The Morgan fingerprint density at radius 1 is 1.25 bits per heavy atom. The third-order valence-electron chi connectivity index (χ3n) is 2.17. The molecule has 1 aromatic carbocycles. The zero-order valence-electron chi connectivity index (χ0n) is 8.96. The maximum atomic E-state index is 11.9. The largest absolute Gasteiger partial charge is 0.368 e. The molecule has 2 aromatic rings. The fourth-order valence-corrected chi connectivity index (χ4v) is 1.57. The van der Waals surface area contributed by atoms with Gasteiger partial charge in [-0.05, 0) is 36.4 Å². The molecule has 16 heavy (non-hydrogen) atoms. The molecule has 0 fully saturated rings. The molecule has 0 amide bonds. The van der Waals surface area contributed by atoms with E-state index < -0.39 is 0 Å². The maximum absolute atomic E-state index is 11.9. The summed E-state index contributed by atoms with van der Waals surface area (Å²) in [7, 11) is 0. The zero-order valence-corrected chi connectivity index (χ0v) is 9.72. The van der Waals surface area contributed by atoms with Gasteiger partial charge in [-0.1, -0.05) is 23.7 Å². The van der Waals surface area contributed by atoms with Gasteiger partial charge in [-0.2, -0.15) is 9.36 Å². The molecule has 0 aliphatic rings. The van der Waals surface area contributed by atoms with Crippen LogP contribution >= 0.6 is 11.6 Å². The predicted octanol–water partition coefficient (Wildman–Crippen LogP) is 1.66. The molecule has 5 nitrogen and oxygen atoms in total. The summed E-state index contributed by atoms with van der Waals surface area (Å²) in [5.74, 6) is 0. The average molecular weight is 239 g/mol. The molecule has 0 radical (unpaired) electrons. The highest BCUT2D eigenvalue weighted by Crippen LogP contribution is 2.16. The first kappa shape index (κ1) is 10.9. The van der Waals surface area contributed by atoms with Gasteiger partial charge in [0, 0.05) is 0 Å². The number of aromatic nitrogens is 4. The summed E-state index contributed by atoms with van der Waals surface area (Å²) in [5.41, 5.74) is 0.254. The van der Waals surface area contributed by atoms with Crippen LogP contribution in [0.25, 0.3) is 5.69 Å². The molecule has 2 rings (SSSR count). The molecule has 0 bridgehead atoms. The third kappa shape index (κ3) is 1.74. The van der Waals surface area contributed by atoms with Gasteiger partial charge in [0.2, 0.25) is 0 Å². The van der Waals surface area contributed by atoms with Crippen LogP contribution in [0, 0.1) is 0 Å². The minimum atomic E-state index is -0.289. The number of nitrogens with zero attached hydrogens (tertiary/aromatic N) is 4. The van der Waals surface area contributed by atoms with E-state index in [-0.39, 0.29) is 11.7 Å². The Hall–Kier alpha value is -1.62. The van der Waals surface area contributed by atoms with Crippen molar-refractivity contribution in [2.24, 2.45) is 0 Å². The van der Waals surface area contributed by atoms with Crippen molar-refractivity contribution in [2.75, 3.05) is 0 Å². The molecule has 1 aromatic heterocycles. The SMILES string of the molecule is CC(C)n1nnn(-c2ccccc2Cl)c1=O. The van der Waals surface area contributed by atoms with E-state index in [1.165, 1.54) is 9.36 Å². The van der Waals surface area contributed by atoms with Gasteiger partial charge in [0.1, 0.15) is 0 Å². The highest BCUT2D eigenvalue weighted by Gasteiger charge is 2.12. The second-order valence-electron chi connectivity index (χ2n) is 3.66. The van der Waals surface area contributed by atoms with E-state index in [9.17, 15) is 4.79 Å². The van der Waals surface area contributed by atoms with Crippen LogP contribution in [0.2, 0.25) is 5.02 Å². The summed E-state index contributed by atoms with van der Waals surface area (Å²) in [5, 5.41) is 8.06. The molecular weight excluding hydrogens is 228 g/mol. The Morgan fingerprint density at radius 2 is 1.94 bits per heavy atom. The number of para-hydroxylation sites is 1. The molecule has 0 spiro atoms. The summed E-state index contributed by atoms with van der Waals surface area (Å²) in [4.78, 5) is 11.9. The molecule has 0 aliphatic heterocycles. The normalized spacial score (nSPS) is 11.0. The van der Waals surface area contributed by atoms with Crippen LogP contribution < -0.4 is 5.69 Å². The van der Waals surface area contributed by atoms with Crippen LogP contribution in [0.1, 0.15) is 19.9 Å². The van der Waals surface area contributed by atoms with Gasteiger partial charge in [0.15, 0.2) is 0 Å². The monoisotopic (exact) mass is 238 g/mol. The standard InChI is InChI=1S/C10H11ClN4O/c1-7(2)14-10(16)15(13-12-14)9-6-4-3-5-8(9)11/h3-7H,1-2H3. The lowest BCUT2D eigenvalue weighted by atomic mass is 10.3. The van der Waals surface area contributed by atoms with Crippen molar-refractivity contribution < 1.29 is 0 Å². The van der Waals surface area contributed by atoms with Crippen LogP contribution in [-0.4, -0.2) is 19.8 Å². The first-order valence-electron chi connectivity index (χ1n) is 4.90. The van der Waals surface area contributed by atoms with Crippen molar-refractivity contribution in [3.8, 4) is 5.69 Å². The van der Waals surface area contributed by atoms with Crippen molar-refractivity contribution in [1.82, 2.24) is 19.8 Å². The van der Waals surface area contributed by atoms with E-state index in [0.717, 1.165) is 0 Å². The Morgan fingerprint density at radius 3 is 2.50 bits per heavy atom. The lowest BCUT2D eigenvalue weighted by Gasteiger charge is -2.01. The Labute approximate surface area is 97.2 Å². The van der Waals surface area contributed by atoms with Crippen LogP contribution in [0.3, 0.4) is 0 Å². The highest BCUT2D eigenvalue weighted by atomic mass is 35.5. The van der Waals surface area contributed by atoms with Crippen LogP contribution in [0.15, 0.2) is 29.1 Å². The zero-order chi connectivity index (χ0) is 11.7. The summed E-state index contributed by atoms with van der Waals surface area (Å²) < 4.78 is 2.51. The molecule has 0 saturated carbocycles. The predicted molar refractivity (Wildman–Crippen MR) is 61.0 cm³/mol. The highest BCUT2D eigenvalue weighted by molar-refractivity contribution is 6.32. The lowest BCUT2D eigenvalue weighted by Crippen LogP contribution is -2.25. The molecular formula is C10H11ClN4O. The molecule has 0 atom stereocenters. The second kappa shape index (κ2) is 4.09. The van der Waals surface area contributed by atoms with Crippen molar-refractivity contribution in [3.63, 3.8) is 0 Å². The van der Waals surface area contributed by atoms with E-state index in [1.54, 1.807) is 24.3 Å². The number of tetrazole rings is 1. The van der Waals surface area contributed by atoms with Crippen LogP contribution in [0.5, 0.6) is 0 Å². The summed E-state index contributed by atoms with van der Waals surface area (Å²) >= 11 is 5.98. The fourth-order valence-electron chi connectivity index (χ4n) is 1.36. The van der Waals surface area contributed by atoms with E-state index in [2.05, 4.69) is 10.4 Å². The van der Waals surface area contributed by atoms with E-state index in [0.29, 0.717) is 10.7 Å². The molecule has 0 saturated heterocycles. The number of hydrogen-bond donors (Lipinski definition) is 0. The Balaban J connectivity index is 2.59. The first-order chi connectivity index (χ1) is 7.61. The Kier molecular flexibility index (Phi) is 2.78. The van der Waals surface area contributed by atoms with Crippen LogP contribution in [0.4, 0.5) is 0 Å². The van der Waals surface area contributed by atoms with E-state index in [1.807, 2.05) is 13.8 Å². The smallest absolute Gasteiger partial charge is 0.244 e. The summed E-state index contributed by atoms with van der Waals surface area (Å²) in [6.45, 7) is 3.74. The minimum absolute atomic E-state index is 0.0243. The average Bonchev–Trinajstić information content (AvgIpc) is 2.61. The summed E-state index contributed by atoms with van der Waals surface area (Å²) in [6.07, 6.45) is 0. The van der Waals surface area contributed by atoms with Crippen molar-refractivity contribution >= 4 is 11.6 Å². The van der Waals surface area contributed by atoms with Gasteiger partial charge in [-0.15, -0.1) is 0 Å². The molecule has 6 heteroatoms. The topological polar surface area (TPSA) is 52.7 Å². The van der Waals surface area contributed by atoms with Crippen molar-refractivity contribution in [2.45, 2.75) is 19.9 Å². The molecule has 1 heterocycles. The molecule has 0 unspecified atom stereocenters. The van der Waals surface area contributed by atoms with Crippen LogP contribution in [-0.2, 0) is 0 Å². The van der Waals surface area contributed by atoms with Gasteiger partial charge >= 0.3 is 5.69 Å². The molecule has 0 aliphatic carbocycles. The van der Waals surface area contributed by atoms with E-state index in [4.69, 9.17) is 11.6 Å². The number of halogens is 1. The lowest BCUT2D eigenvalue weighted by molar-refractivity contribution is 0.500. The van der Waals surface area contributed by atoms with Gasteiger partial charge < -0.3 is 0 Å². The molecule has 84 valence electrons. The van der Waals surface area contributed by atoms with Gasteiger partial charge in [-0.3, -0.25) is 0 Å². The number of rotatable bonds is 2. The maximum Gasteiger partial charge on any atom is 0.368 e.